The number of hydrogen-bond donors (Lipinski definition) is 0. The van der Waals surface area contributed by atoms with Crippen LogP contribution in [-0.4, -0.2) is 43.1 Å². The molecular weight excluding hydrogens is 242 g/mol. The van der Waals surface area contributed by atoms with Crippen LogP contribution in [0.1, 0.15) is 40.0 Å². The first-order valence-electron chi connectivity index (χ1n) is 5.87. The molecule has 0 spiro atoms. The zero-order valence-electron chi connectivity index (χ0n) is 10.9. The molecule has 0 aliphatic carbocycles. The van der Waals surface area contributed by atoms with Crippen molar-refractivity contribution < 1.29 is 17.9 Å². The maximum Gasteiger partial charge on any atom is 0.324 e. The van der Waals surface area contributed by atoms with Crippen molar-refractivity contribution in [1.82, 2.24) is 4.31 Å². The van der Waals surface area contributed by atoms with E-state index in [9.17, 15) is 13.2 Å². The quantitative estimate of drug-likeness (QED) is 0.714. The van der Waals surface area contributed by atoms with Crippen molar-refractivity contribution in [2.75, 3.05) is 12.8 Å². The Kier molecular flexibility index (Phi) is 4.19. The van der Waals surface area contributed by atoms with Crippen molar-refractivity contribution in [2.24, 2.45) is 0 Å². The van der Waals surface area contributed by atoms with Crippen molar-refractivity contribution in [3.63, 3.8) is 0 Å². The van der Waals surface area contributed by atoms with E-state index in [0.29, 0.717) is 25.8 Å². The summed E-state index contributed by atoms with van der Waals surface area (Å²) in [7, 11) is -3.33. The zero-order valence-corrected chi connectivity index (χ0v) is 11.7. The molecule has 0 aromatic carbocycles. The van der Waals surface area contributed by atoms with E-state index in [1.807, 2.05) is 20.8 Å². The highest BCUT2D eigenvalue weighted by molar-refractivity contribution is 7.88. The summed E-state index contributed by atoms with van der Waals surface area (Å²) >= 11 is 0. The molecule has 1 atom stereocenters. The molecule has 1 aliphatic heterocycles. The number of esters is 1. The van der Waals surface area contributed by atoms with Crippen molar-refractivity contribution in [3.05, 3.63) is 0 Å². The predicted molar refractivity (Wildman–Crippen MR) is 65.0 cm³/mol. The predicted octanol–water partition coefficient (Wildman–Crippen LogP) is 1.14. The van der Waals surface area contributed by atoms with Crippen LogP contribution in [0.5, 0.6) is 0 Å². The number of carbonyl (C=O) groups excluding carboxylic acids is 1. The maximum absolute atomic E-state index is 11.9. The molecule has 0 aromatic heterocycles. The Hall–Kier alpha value is -0.620. The summed E-state index contributed by atoms with van der Waals surface area (Å²) in [4.78, 5) is 11.9. The Morgan fingerprint density at radius 2 is 2.06 bits per heavy atom. The largest absolute Gasteiger partial charge is 0.458 e. The maximum atomic E-state index is 11.9. The summed E-state index contributed by atoms with van der Waals surface area (Å²) in [6, 6.07) is -0.643. The first-order chi connectivity index (χ1) is 7.67. The lowest BCUT2D eigenvalue weighted by molar-refractivity contribution is -0.160. The third-order valence-electron chi connectivity index (χ3n) is 3.13. The number of rotatable bonds is 4. The Balaban J connectivity index is 2.76. The van der Waals surface area contributed by atoms with E-state index in [1.165, 1.54) is 4.31 Å². The second-order valence-corrected chi connectivity index (χ2v) is 7.00. The molecule has 1 heterocycles. The van der Waals surface area contributed by atoms with Gasteiger partial charge in [-0.05, 0) is 33.1 Å². The molecule has 6 heteroatoms. The average Bonchev–Trinajstić information content (AvgIpc) is 2.64. The molecule has 100 valence electrons. The van der Waals surface area contributed by atoms with Gasteiger partial charge in [0.2, 0.25) is 10.0 Å². The van der Waals surface area contributed by atoms with E-state index in [4.69, 9.17) is 4.74 Å². The van der Waals surface area contributed by atoms with E-state index in [1.54, 1.807) is 0 Å². The van der Waals surface area contributed by atoms with E-state index >= 15 is 0 Å². The van der Waals surface area contributed by atoms with Crippen LogP contribution in [0.3, 0.4) is 0 Å². The van der Waals surface area contributed by atoms with Gasteiger partial charge < -0.3 is 4.74 Å². The van der Waals surface area contributed by atoms with Crippen LogP contribution in [0.25, 0.3) is 0 Å². The number of ether oxygens (including phenoxy) is 1. The highest BCUT2D eigenvalue weighted by Gasteiger charge is 2.39. The molecule has 0 unspecified atom stereocenters. The minimum Gasteiger partial charge on any atom is -0.458 e. The molecule has 0 N–H and O–H groups in total. The minimum absolute atomic E-state index is 0.408. The summed E-state index contributed by atoms with van der Waals surface area (Å²) in [6.45, 7) is 5.98. The molecule has 17 heavy (non-hydrogen) atoms. The van der Waals surface area contributed by atoms with Crippen LogP contribution in [0.4, 0.5) is 0 Å². The Bertz CT molecular complexity index is 388. The normalized spacial score (nSPS) is 22.7. The highest BCUT2D eigenvalue weighted by Crippen LogP contribution is 2.24. The molecule has 1 rings (SSSR count). The highest BCUT2D eigenvalue weighted by atomic mass is 32.2. The molecule has 0 saturated carbocycles. The first-order valence-corrected chi connectivity index (χ1v) is 7.72. The van der Waals surface area contributed by atoms with Crippen molar-refractivity contribution in [3.8, 4) is 0 Å². The molecular formula is C11H21NO4S. The lowest BCUT2D eigenvalue weighted by atomic mass is 10.1. The molecule has 0 bridgehead atoms. The monoisotopic (exact) mass is 263 g/mol. The molecule has 1 aliphatic rings. The fourth-order valence-corrected chi connectivity index (χ4v) is 2.90. The summed E-state index contributed by atoms with van der Waals surface area (Å²) < 4.78 is 29.6. The van der Waals surface area contributed by atoms with Gasteiger partial charge in [-0.25, -0.2) is 8.42 Å². The summed E-state index contributed by atoms with van der Waals surface area (Å²) in [5, 5.41) is 0. The zero-order chi connectivity index (χ0) is 13.3. The van der Waals surface area contributed by atoms with Gasteiger partial charge in [-0.15, -0.1) is 0 Å². The molecule has 1 fully saturated rings. The van der Waals surface area contributed by atoms with Crippen molar-refractivity contribution in [2.45, 2.75) is 51.7 Å². The number of sulfonamides is 1. The lowest BCUT2D eigenvalue weighted by Crippen LogP contribution is -2.43. The first kappa shape index (κ1) is 14.4. The van der Waals surface area contributed by atoms with Gasteiger partial charge >= 0.3 is 5.97 Å². The van der Waals surface area contributed by atoms with Crippen LogP contribution < -0.4 is 0 Å². The van der Waals surface area contributed by atoms with E-state index in [0.717, 1.165) is 6.26 Å². The third kappa shape index (κ3) is 3.67. The van der Waals surface area contributed by atoms with Gasteiger partial charge in [-0.1, -0.05) is 6.92 Å². The molecule has 1 saturated heterocycles. The molecule has 0 aromatic rings. The van der Waals surface area contributed by atoms with E-state index in [2.05, 4.69) is 0 Å². The van der Waals surface area contributed by atoms with Gasteiger partial charge in [-0.3, -0.25) is 4.79 Å². The number of carbonyl (C=O) groups is 1. The summed E-state index contributed by atoms with van der Waals surface area (Å²) in [5.74, 6) is -0.431. The smallest absolute Gasteiger partial charge is 0.324 e. The summed E-state index contributed by atoms with van der Waals surface area (Å²) in [5.41, 5.74) is -0.539. The van der Waals surface area contributed by atoms with Gasteiger partial charge in [0.25, 0.3) is 0 Å². The van der Waals surface area contributed by atoms with Crippen LogP contribution >= 0.6 is 0 Å². The van der Waals surface area contributed by atoms with Crippen LogP contribution in [0.2, 0.25) is 0 Å². The van der Waals surface area contributed by atoms with Crippen LogP contribution in [-0.2, 0) is 19.6 Å². The SMILES string of the molecule is CCC(C)(C)OC(=O)[C@@H]1CCCN1S(C)(=O)=O. The topological polar surface area (TPSA) is 63.7 Å². The van der Waals surface area contributed by atoms with Gasteiger partial charge in [-0.2, -0.15) is 4.31 Å². The summed E-state index contributed by atoms with van der Waals surface area (Å²) in [6.07, 6.45) is 3.08. The van der Waals surface area contributed by atoms with Crippen LogP contribution in [0, 0.1) is 0 Å². The average molecular weight is 263 g/mol. The minimum atomic E-state index is -3.33. The Morgan fingerprint density at radius 3 is 2.53 bits per heavy atom. The third-order valence-corrected chi connectivity index (χ3v) is 4.42. The Morgan fingerprint density at radius 1 is 1.47 bits per heavy atom. The van der Waals surface area contributed by atoms with Gasteiger partial charge in [0.1, 0.15) is 11.6 Å². The second kappa shape index (κ2) is 4.94. The van der Waals surface area contributed by atoms with Crippen molar-refractivity contribution >= 4 is 16.0 Å². The van der Waals surface area contributed by atoms with Crippen molar-refractivity contribution in [1.29, 1.82) is 0 Å². The second-order valence-electron chi connectivity index (χ2n) is 5.07. The fraction of sp³-hybridized carbons (Fsp3) is 0.909. The van der Waals surface area contributed by atoms with Gasteiger partial charge in [0, 0.05) is 6.54 Å². The standard InChI is InChI=1S/C11H21NO4S/c1-5-11(2,3)16-10(13)9-7-6-8-12(9)17(4,14)15/h9H,5-8H2,1-4H3/t9-/m0/s1. The number of nitrogens with zero attached hydrogens (tertiary/aromatic N) is 1. The number of hydrogen-bond acceptors (Lipinski definition) is 4. The Labute approximate surface area is 103 Å². The van der Waals surface area contributed by atoms with E-state index in [-0.39, 0.29) is 0 Å². The lowest BCUT2D eigenvalue weighted by Gasteiger charge is -2.27. The molecule has 0 amide bonds. The van der Waals surface area contributed by atoms with Gasteiger partial charge in [0.15, 0.2) is 0 Å². The fourth-order valence-electron chi connectivity index (χ4n) is 1.79. The molecule has 0 radical (unpaired) electrons. The van der Waals surface area contributed by atoms with Gasteiger partial charge in [0.05, 0.1) is 6.26 Å². The van der Waals surface area contributed by atoms with E-state index < -0.39 is 27.6 Å². The molecule has 5 nitrogen and oxygen atoms in total. The van der Waals surface area contributed by atoms with Crippen LogP contribution in [0.15, 0.2) is 0 Å².